The number of rotatable bonds is 5. The van der Waals surface area contributed by atoms with Gasteiger partial charge in [0.1, 0.15) is 23.0 Å². The van der Waals surface area contributed by atoms with Crippen molar-refractivity contribution in [3.8, 4) is 50.5 Å². The molecule has 0 aliphatic rings. The molecule has 0 atom stereocenters. The number of hydrogen-bond donors (Lipinski definition) is 0. The average molecular weight is 641 g/mol. The van der Waals surface area contributed by atoms with Crippen LogP contribution in [0.4, 0.5) is 8.78 Å². The Morgan fingerprint density at radius 3 is 1.96 bits per heavy atom. The summed E-state index contributed by atoms with van der Waals surface area (Å²) in [5.74, 6) is 0.0887. The molecule has 7 aromatic carbocycles. The molecule has 228 valence electrons. The van der Waals surface area contributed by atoms with Gasteiger partial charge in [-0.1, -0.05) is 109 Å². The summed E-state index contributed by atoms with van der Waals surface area (Å²) in [5, 5.41) is 2.21. The Kier molecular flexibility index (Phi) is 6.73. The lowest BCUT2D eigenvalue weighted by atomic mass is 9.97. The zero-order chi connectivity index (χ0) is 32.2. The minimum absolute atomic E-state index is 0.255. The summed E-state index contributed by atoms with van der Waals surface area (Å²) in [4.78, 5) is 5.15. The first-order chi connectivity index (χ1) is 23.6. The number of aromatic nitrogens is 2. The fraction of sp³-hybridized carbons (Fsp3) is 0. The first kappa shape index (κ1) is 28.3. The van der Waals surface area contributed by atoms with Crippen LogP contribution in [-0.2, 0) is 0 Å². The minimum Gasteiger partial charge on any atom is -0.289 e. The van der Waals surface area contributed by atoms with E-state index in [1.165, 1.54) is 18.2 Å². The predicted molar refractivity (Wildman–Crippen MR) is 196 cm³/mol. The van der Waals surface area contributed by atoms with Gasteiger partial charge in [-0.25, -0.2) is 13.8 Å². The number of thiophene rings is 1. The molecule has 5 heteroatoms. The van der Waals surface area contributed by atoms with Gasteiger partial charge in [-0.15, -0.1) is 11.3 Å². The second-order valence-electron chi connectivity index (χ2n) is 11.8. The maximum atomic E-state index is 16.0. The third kappa shape index (κ3) is 4.71. The first-order valence-electron chi connectivity index (χ1n) is 15.8. The summed E-state index contributed by atoms with van der Waals surface area (Å²) < 4.78 is 33.9. The zero-order valence-corrected chi connectivity index (χ0v) is 26.4. The second kappa shape index (κ2) is 11.4. The molecule has 0 bridgehead atoms. The fourth-order valence-electron chi connectivity index (χ4n) is 6.69. The van der Waals surface area contributed by atoms with Crippen molar-refractivity contribution < 1.29 is 8.78 Å². The van der Waals surface area contributed by atoms with Gasteiger partial charge in [0, 0.05) is 31.3 Å². The highest BCUT2D eigenvalue weighted by Gasteiger charge is 2.23. The molecule has 0 fully saturated rings. The molecular weight excluding hydrogens is 615 g/mol. The van der Waals surface area contributed by atoms with Gasteiger partial charge < -0.3 is 0 Å². The second-order valence-corrected chi connectivity index (χ2v) is 12.9. The van der Waals surface area contributed by atoms with Crippen LogP contribution in [0.25, 0.3) is 81.7 Å². The molecule has 0 aliphatic carbocycles. The molecule has 9 aromatic rings. The van der Waals surface area contributed by atoms with E-state index in [0.717, 1.165) is 64.8 Å². The van der Waals surface area contributed by atoms with Crippen LogP contribution in [0.5, 0.6) is 0 Å². The normalized spacial score (nSPS) is 11.5. The number of para-hydroxylation sites is 1. The molecule has 2 aromatic heterocycles. The first-order valence-corrected chi connectivity index (χ1v) is 16.6. The average Bonchev–Trinajstić information content (AvgIpc) is 3.72. The number of fused-ring (bicyclic) bond motifs is 4. The number of benzene rings is 7. The van der Waals surface area contributed by atoms with Crippen LogP contribution in [0.3, 0.4) is 0 Å². The van der Waals surface area contributed by atoms with Crippen molar-refractivity contribution in [2.24, 2.45) is 0 Å². The number of imidazole rings is 1. The largest absolute Gasteiger partial charge is 0.289 e. The Morgan fingerprint density at radius 1 is 0.500 bits per heavy atom. The van der Waals surface area contributed by atoms with E-state index in [9.17, 15) is 4.39 Å². The summed E-state index contributed by atoms with van der Waals surface area (Å²) in [6.45, 7) is 0. The molecule has 0 radical (unpaired) electrons. The van der Waals surface area contributed by atoms with E-state index >= 15 is 4.39 Å². The highest BCUT2D eigenvalue weighted by atomic mass is 32.1. The molecule has 0 saturated heterocycles. The number of nitrogens with zero attached hydrogens (tertiary/aromatic N) is 2. The standard InChI is InChI=1S/C43H26F2N2S/c44-32-21-17-28(18-22-32)30-20-24-40-36(25-30)34-13-7-14-35(42(34)48-40)43-46-38-16-8-15-37(45)41(38)47(43)39-26-31(27-9-3-1-4-10-27)19-23-33(39)29-11-5-2-6-12-29/h1-26H. The SMILES string of the molecule is Fc1ccc(-c2ccc3sc4c(-c5nc6cccc(F)c6n5-c5cc(-c6ccccc6)ccc5-c5ccccc5)cccc4c3c2)cc1. The summed E-state index contributed by atoms with van der Waals surface area (Å²) in [6, 6.07) is 51.2. The molecule has 0 aliphatic heterocycles. The summed E-state index contributed by atoms with van der Waals surface area (Å²) >= 11 is 1.70. The molecule has 2 heterocycles. The van der Waals surface area contributed by atoms with E-state index in [1.807, 2.05) is 53.1 Å². The zero-order valence-electron chi connectivity index (χ0n) is 25.6. The lowest BCUT2D eigenvalue weighted by Crippen LogP contribution is -2.02. The van der Waals surface area contributed by atoms with Crippen LogP contribution in [0.2, 0.25) is 0 Å². The molecular formula is C43H26F2N2S. The van der Waals surface area contributed by atoms with Crippen LogP contribution >= 0.6 is 11.3 Å². The smallest absolute Gasteiger partial charge is 0.149 e. The summed E-state index contributed by atoms with van der Waals surface area (Å²) in [7, 11) is 0. The minimum atomic E-state index is -0.331. The van der Waals surface area contributed by atoms with Crippen molar-refractivity contribution in [1.82, 2.24) is 9.55 Å². The highest BCUT2D eigenvalue weighted by molar-refractivity contribution is 7.26. The van der Waals surface area contributed by atoms with Gasteiger partial charge in [-0.3, -0.25) is 4.57 Å². The van der Waals surface area contributed by atoms with Gasteiger partial charge in [0.2, 0.25) is 0 Å². The maximum absolute atomic E-state index is 16.0. The van der Waals surface area contributed by atoms with E-state index in [1.54, 1.807) is 29.5 Å². The van der Waals surface area contributed by atoms with Gasteiger partial charge in [0.15, 0.2) is 0 Å². The van der Waals surface area contributed by atoms with Crippen molar-refractivity contribution in [2.45, 2.75) is 0 Å². The van der Waals surface area contributed by atoms with Crippen LogP contribution in [-0.4, -0.2) is 9.55 Å². The molecule has 2 nitrogen and oxygen atoms in total. The third-order valence-electron chi connectivity index (χ3n) is 8.97. The Morgan fingerprint density at radius 2 is 1.17 bits per heavy atom. The predicted octanol–water partition coefficient (Wildman–Crippen LogP) is 12.3. The Labute approximate surface area is 279 Å². The highest BCUT2D eigenvalue weighted by Crippen LogP contribution is 2.44. The Hall–Kier alpha value is -5.91. The van der Waals surface area contributed by atoms with Crippen molar-refractivity contribution in [2.75, 3.05) is 0 Å². The lowest BCUT2D eigenvalue weighted by molar-refractivity contribution is 0.628. The van der Waals surface area contributed by atoms with E-state index in [2.05, 4.69) is 72.8 Å². The quantitative estimate of drug-likeness (QED) is 0.183. The maximum Gasteiger partial charge on any atom is 0.149 e. The van der Waals surface area contributed by atoms with Gasteiger partial charge in [0.05, 0.1) is 11.2 Å². The molecule has 0 spiro atoms. The van der Waals surface area contributed by atoms with Gasteiger partial charge in [-0.2, -0.15) is 0 Å². The van der Waals surface area contributed by atoms with Crippen LogP contribution < -0.4 is 0 Å². The lowest BCUT2D eigenvalue weighted by Gasteiger charge is -2.17. The van der Waals surface area contributed by atoms with E-state index in [-0.39, 0.29) is 11.6 Å². The van der Waals surface area contributed by atoms with Crippen molar-refractivity contribution in [1.29, 1.82) is 0 Å². The van der Waals surface area contributed by atoms with Crippen LogP contribution in [0.1, 0.15) is 0 Å². The summed E-state index contributed by atoms with van der Waals surface area (Å²) in [5.41, 5.74) is 8.90. The fourth-order valence-corrected chi connectivity index (χ4v) is 7.88. The van der Waals surface area contributed by atoms with E-state index in [4.69, 9.17) is 4.98 Å². The molecule has 0 amide bonds. The van der Waals surface area contributed by atoms with Crippen LogP contribution in [0.15, 0.2) is 158 Å². The monoisotopic (exact) mass is 640 g/mol. The van der Waals surface area contributed by atoms with Gasteiger partial charge in [-0.05, 0) is 76.3 Å². The third-order valence-corrected chi connectivity index (χ3v) is 10.2. The molecule has 48 heavy (non-hydrogen) atoms. The Balaban J connectivity index is 1.33. The van der Waals surface area contributed by atoms with Crippen molar-refractivity contribution >= 4 is 42.5 Å². The van der Waals surface area contributed by atoms with E-state index < -0.39 is 0 Å². The summed E-state index contributed by atoms with van der Waals surface area (Å²) in [6.07, 6.45) is 0. The Bertz CT molecular complexity index is 2620. The molecule has 0 N–H and O–H groups in total. The van der Waals surface area contributed by atoms with Gasteiger partial charge >= 0.3 is 0 Å². The van der Waals surface area contributed by atoms with Crippen molar-refractivity contribution in [3.05, 3.63) is 169 Å². The van der Waals surface area contributed by atoms with Gasteiger partial charge in [0.25, 0.3) is 0 Å². The molecule has 0 saturated carbocycles. The topological polar surface area (TPSA) is 17.8 Å². The van der Waals surface area contributed by atoms with Crippen molar-refractivity contribution in [3.63, 3.8) is 0 Å². The molecule has 9 rings (SSSR count). The molecule has 0 unspecified atom stereocenters. The number of halogens is 2. The number of hydrogen-bond acceptors (Lipinski definition) is 2. The van der Waals surface area contributed by atoms with E-state index in [0.29, 0.717) is 16.9 Å². The van der Waals surface area contributed by atoms with Crippen LogP contribution in [0, 0.1) is 11.6 Å².